The van der Waals surface area contributed by atoms with E-state index in [1.165, 1.54) is 0 Å². The summed E-state index contributed by atoms with van der Waals surface area (Å²) in [6.07, 6.45) is 2.70. The summed E-state index contributed by atoms with van der Waals surface area (Å²) in [5.41, 5.74) is 6.61. The summed E-state index contributed by atoms with van der Waals surface area (Å²) >= 11 is 0. The molecule has 98 valence electrons. The van der Waals surface area contributed by atoms with E-state index in [0.717, 1.165) is 29.9 Å². The average Bonchev–Trinajstić information content (AvgIpc) is 3.13. The quantitative estimate of drug-likeness (QED) is 0.774. The third-order valence-electron chi connectivity index (χ3n) is 3.06. The van der Waals surface area contributed by atoms with Crippen LogP contribution in [0.4, 0.5) is 0 Å². The van der Waals surface area contributed by atoms with Crippen LogP contribution in [0, 0.1) is 19.8 Å². The summed E-state index contributed by atoms with van der Waals surface area (Å²) < 4.78 is 5.01. The van der Waals surface area contributed by atoms with E-state index in [1.807, 2.05) is 13.8 Å². The van der Waals surface area contributed by atoms with E-state index in [2.05, 4.69) is 16.0 Å². The van der Waals surface area contributed by atoms with E-state index in [-0.39, 0.29) is 17.7 Å². The van der Waals surface area contributed by atoms with Gasteiger partial charge in [0.15, 0.2) is 0 Å². The molecule has 0 aliphatic heterocycles. The Kier molecular flexibility index (Phi) is 3.64. The van der Waals surface area contributed by atoms with Gasteiger partial charge in [-0.05, 0) is 33.1 Å². The summed E-state index contributed by atoms with van der Waals surface area (Å²) in [5.74, 6) is 0.528. The van der Waals surface area contributed by atoms with Gasteiger partial charge in [-0.15, -0.1) is 0 Å². The first kappa shape index (κ1) is 12.6. The molecule has 0 spiro atoms. The van der Waals surface area contributed by atoms with Gasteiger partial charge < -0.3 is 4.52 Å². The van der Waals surface area contributed by atoms with Crippen LogP contribution in [-0.2, 0) is 16.0 Å². The van der Waals surface area contributed by atoms with Crippen LogP contribution in [0.3, 0.4) is 0 Å². The summed E-state index contributed by atoms with van der Waals surface area (Å²) in [6.45, 7) is 3.67. The van der Waals surface area contributed by atoms with Crippen molar-refractivity contribution in [1.82, 2.24) is 16.0 Å². The first-order chi connectivity index (χ1) is 8.58. The molecular formula is C12H17N3O3. The SMILES string of the molecule is Cc1noc(C)c1CCC(=O)NNC(=O)C1CC1. The molecular weight excluding hydrogens is 234 g/mol. The highest BCUT2D eigenvalue weighted by molar-refractivity contribution is 5.84. The second kappa shape index (κ2) is 5.20. The monoisotopic (exact) mass is 251 g/mol. The predicted molar refractivity (Wildman–Crippen MR) is 63.3 cm³/mol. The van der Waals surface area contributed by atoms with Crippen LogP contribution in [0.25, 0.3) is 0 Å². The third kappa shape index (κ3) is 3.09. The van der Waals surface area contributed by atoms with Crippen molar-refractivity contribution >= 4 is 11.8 Å². The molecule has 2 amide bonds. The van der Waals surface area contributed by atoms with E-state index in [4.69, 9.17) is 4.52 Å². The fourth-order valence-electron chi connectivity index (χ4n) is 1.74. The van der Waals surface area contributed by atoms with E-state index >= 15 is 0 Å². The van der Waals surface area contributed by atoms with E-state index < -0.39 is 0 Å². The fourth-order valence-corrected chi connectivity index (χ4v) is 1.74. The number of carbonyl (C=O) groups is 2. The summed E-state index contributed by atoms with van der Waals surface area (Å²) in [7, 11) is 0. The Morgan fingerprint density at radius 1 is 1.33 bits per heavy atom. The maximum absolute atomic E-state index is 11.5. The molecule has 0 atom stereocenters. The van der Waals surface area contributed by atoms with Crippen molar-refractivity contribution in [2.24, 2.45) is 5.92 Å². The molecule has 6 nitrogen and oxygen atoms in total. The molecule has 0 unspecified atom stereocenters. The van der Waals surface area contributed by atoms with E-state index in [1.54, 1.807) is 0 Å². The van der Waals surface area contributed by atoms with Crippen LogP contribution >= 0.6 is 0 Å². The van der Waals surface area contributed by atoms with Gasteiger partial charge in [-0.1, -0.05) is 5.16 Å². The molecule has 6 heteroatoms. The van der Waals surface area contributed by atoms with Crippen molar-refractivity contribution < 1.29 is 14.1 Å². The Balaban J connectivity index is 1.73. The van der Waals surface area contributed by atoms with Crippen molar-refractivity contribution in [3.8, 4) is 0 Å². The molecule has 0 radical (unpaired) electrons. The molecule has 2 N–H and O–H groups in total. The molecule has 1 fully saturated rings. The Hall–Kier alpha value is -1.85. The summed E-state index contributed by atoms with van der Waals surface area (Å²) in [5, 5.41) is 3.82. The summed E-state index contributed by atoms with van der Waals surface area (Å²) in [4.78, 5) is 22.8. The Labute approximate surface area is 105 Å². The minimum atomic E-state index is -0.205. The lowest BCUT2D eigenvalue weighted by atomic mass is 10.1. The van der Waals surface area contributed by atoms with Crippen molar-refractivity contribution in [2.75, 3.05) is 0 Å². The van der Waals surface area contributed by atoms with E-state index in [0.29, 0.717) is 12.8 Å². The first-order valence-electron chi connectivity index (χ1n) is 6.08. The van der Waals surface area contributed by atoms with Crippen molar-refractivity contribution in [3.63, 3.8) is 0 Å². The van der Waals surface area contributed by atoms with Gasteiger partial charge in [0.1, 0.15) is 5.76 Å². The minimum absolute atomic E-state index is 0.0906. The molecule has 18 heavy (non-hydrogen) atoms. The van der Waals surface area contributed by atoms with Gasteiger partial charge in [0.05, 0.1) is 5.69 Å². The highest BCUT2D eigenvalue weighted by Crippen LogP contribution is 2.28. The molecule has 0 aromatic carbocycles. The third-order valence-corrected chi connectivity index (χ3v) is 3.06. The Morgan fingerprint density at radius 3 is 2.61 bits per heavy atom. The number of nitrogens with zero attached hydrogens (tertiary/aromatic N) is 1. The van der Waals surface area contributed by atoms with Crippen molar-refractivity contribution in [1.29, 1.82) is 0 Å². The molecule has 1 aromatic rings. The molecule has 0 bridgehead atoms. The predicted octanol–water partition coefficient (Wildman–Crippen LogP) is 0.781. The highest BCUT2D eigenvalue weighted by atomic mass is 16.5. The van der Waals surface area contributed by atoms with Gasteiger partial charge in [0.25, 0.3) is 0 Å². The molecule has 1 saturated carbocycles. The Bertz CT molecular complexity index is 444. The van der Waals surface area contributed by atoms with Gasteiger partial charge in [-0.2, -0.15) is 0 Å². The number of hydrogen-bond donors (Lipinski definition) is 2. The zero-order valence-electron chi connectivity index (χ0n) is 10.6. The number of aromatic nitrogens is 1. The van der Waals surface area contributed by atoms with Crippen LogP contribution in [0.5, 0.6) is 0 Å². The van der Waals surface area contributed by atoms with Gasteiger partial charge >= 0.3 is 0 Å². The van der Waals surface area contributed by atoms with Crippen LogP contribution in [0.15, 0.2) is 4.52 Å². The number of nitrogens with one attached hydrogen (secondary N) is 2. The Morgan fingerprint density at radius 2 is 2.06 bits per heavy atom. The van der Waals surface area contributed by atoms with Crippen LogP contribution in [0.1, 0.15) is 36.3 Å². The zero-order chi connectivity index (χ0) is 13.1. The second-order valence-electron chi connectivity index (χ2n) is 4.61. The average molecular weight is 251 g/mol. The lowest BCUT2D eigenvalue weighted by molar-refractivity contribution is -0.129. The fraction of sp³-hybridized carbons (Fsp3) is 0.583. The second-order valence-corrected chi connectivity index (χ2v) is 4.61. The minimum Gasteiger partial charge on any atom is -0.361 e. The first-order valence-corrected chi connectivity index (χ1v) is 6.08. The largest absolute Gasteiger partial charge is 0.361 e. The van der Waals surface area contributed by atoms with Crippen molar-refractivity contribution in [2.45, 2.75) is 39.5 Å². The van der Waals surface area contributed by atoms with Gasteiger partial charge in [-0.3, -0.25) is 20.4 Å². The maximum atomic E-state index is 11.5. The van der Waals surface area contributed by atoms with Gasteiger partial charge in [0.2, 0.25) is 11.8 Å². The zero-order valence-corrected chi connectivity index (χ0v) is 10.6. The van der Waals surface area contributed by atoms with Gasteiger partial charge in [0, 0.05) is 17.9 Å². The number of carbonyl (C=O) groups excluding carboxylic acids is 2. The lowest BCUT2D eigenvalue weighted by Gasteiger charge is -2.06. The lowest BCUT2D eigenvalue weighted by Crippen LogP contribution is -2.42. The highest BCUT2D eigenvalue weighted by Gasteiger charge is 2.29. The number of hydrogen-bond acceptors (Lipinski definition) is 4. The summed E-state index contributed by atoms with van der Waals surface area (Å²) in [6, 6.07) is 0. The normalized spacial score (nSPS) is 14.3. The smallest absolute Gasteiger partial charge is 0.241 e. The molecule has 0 saturated heterocycles. The molecule has 1 aliphatic rings. The molecule has 1 aliphatic carbocycles. The van der Waals surface area contributed by atoms with Crippen molar-refractivity contribution in [3.05, 3.63) is 17.0 Å². The van der Waals surface area contributed by atoms with Crippen LogP contribution in [-0.4, -0.2) is 17.0 Å². The molecule has 1 heterocycles. The molecule has 1 aromatic heterocycles. The van der Waals surface area contributed by atoms with E-state index in [9.17, 15) is 9.59 Å². The number of rotatable bonds is 4. The topological polar surface area (TPSA) is 84.2 Å². The van der Waals surface area contributed by atoms with Crippen LogP contribution in [0.2, 0.25) is 0 Å². The standard InChI is InChI=1S/C12H17N3O3/c1-7-10(8(2)18-15-7)5-6-11(16)13-14-12(17)9-3-4-9/h9H,3-6H2,1-2H3,(H,13,16)(H,14,17). The number of hydrazine groups is 1. The van der Waals surface area contributed by atoms with Gasteiger partial charge in [-0.25, -0.2) is 0 Å². The number of amides is 2. The molecule has 2 rings (SSSR count). The van der Waals surface area contributed by atoms with Crippen LogP contribution < -0.4 is 10.9 Å². The number of aryl methyl sites for hydroxylation is 2. The maximum Gasteiger partial charge on any atom is 0.241 e.